The van der Waals surface area contributed by atoms with E-state index in [1.165, 1.54) is 7.11 Å². The molecular formula is C20H32N2O5. The number of aromatic nitrogens is 1. The first kappa shape index (κ1) is 22.9. The molecule has 1 aromatic heterocycles. The maximum absolute atomic E-state index is 13.1. The molecule has 7 heteroatoms. The standard InChI is InChI=1S/C20H32N2O5/c1-8-22-15(5)17(14(4)18(22)20(25)27-7)16(23)12-21(10-9-11-26-6)19(24)13(2)3/h13H,8-12H2,1-7H3. The molecule has 0 aliphatic carbocycles. The van der Waals surface area contributed by atoms with E-state index < -0.39 is 5.97 Å². The molecule has 1 heterocycles. The molecule has 0 bridgehead atoms. The van der Waals surface area contributed by atoms with Crippen LogP contribution in [0.2, 0.25) is 0 Å². The Labute approximate surface area is 161 Å². The van der Waals surface area contributed by atoms with E-state index in [0.29, 0.717) is 48.6 Å². The molecule has 27 heavy (non-hydrogen) atoms. The predicted octanol–water partition coefficient (Wildman–Crippen LogP) is 2.62. The number of carbonyl (C=O) groups excluding carboxylic acids is 3. The number of ether oxygens (including phenoxy) is 2. The molecule has 0 spiro atoms. The Morgan fingerprint density at radius 1 is 1.15 bits per heavy atom. The van der Waals surface area contributed by atoms with Gasteiger partial charge in [0, 0.05) is 44.0 Å². The smallest absolute Gasteiger partial charge is 0.354 e. The molecule has 0 aliphatic heterocycles. The molecule has 1 aromatic rings. The Hall–Kier alpha value is -2.15. The van der Waals surface area contributed by atoms with E-state index in [1.54, 1.807) is 23.5 Å². The largest absolute Gasteiger partial charge is 0.464 e. The highest BCUT2D eigenvalue weighted by molar-refractivity contribution is 6.04. The first-order valence-electron chi connectivity index (χ1n) is 9.30. The predicted molar refractivity (Wildman–Crippen MR) is 103 cm³/mol. The van der Waals surface area contributed by atoms with Crippen molar-refractivity contribution in [2.45, 2.75) is 47.6 Å². The SMILES string of the molecule is CCn1c(C)c(C(=O)CN(CCCOC)C(=O)C(C)C)c(C)c1C(=O)OC. The summed E-state index contributed by atoms with van der Waals surface area (Å²) in [7, 11) is 2.93. The fourth-order valence-electron chi connectivity index (χ4n) is 3.35. The van der Waals surface area contributed by atoms with Crippen LogP contribution in [0.25, 0.3) is 0 Å². The number of hydrogen-bond acceptors (Lipinski definition) is 5. The molecule has 0 fully saturated rings. The third kappa shape index (κ3) is 5.19. The number of Topliss-reactive ketones (excluding diaryl/α,β-unsaturated/α-hetero) is 1. The minimum Gasteiger partial charge on any atom is -0.464 e. The van der Waals surface area contributed by atoms with E-state index in [1.807, 2.05) is 27.7 Å². The van der Waals surface area contributed by atoms with Gasteiger partial charge < -0.3 is 18.9 Å². The van der Waals surface area contributed by atoms with Gasteiger partial charge in [0.25, 0.3) is 0 Å². The van der Waals surface area contributed by atoms with Gasteiger partial charge in [-0.3, -0.25) is 9.59 Å². The molecule has 0 saturated carbocycles. The molecule has 0 unspecified atom stereocenters. The minimum absolute atomic E-state index is 0.0171. The third-order valence-corrected chi connectivity index (χ3v) is 4.66. The highest BCUT2D eigenvalue weighted by Crippen LogP contribution is 2.24. The van der Waals surface area contributed by atoms with E-state index in [2.05, 4.69) is 0 Å². The first-order valence-corrected chi connectivity index (χ1v) is 9.30. The normalized spacial score (nSPS) is 11.0. The number of methoxy groups -OCH3 is 2. The van der Waals surface area contributed by atoms with Gasteiger partial charge in [-0.2, -0.15) is 0 Å². The van der Waals surface area contributed by atoms with Crippen LogP contribution in [0, 0.1) is 19.8 Å². The molecule has 0 atom stereocenters. The van der Waals surface area contributed by atoms with Crippen LogP contribution in [0.5, 0.6) is 0 Å². The van der Waals surface area contributed by atoms with Crippen LogP contribution >= 0.6 is 0 Å². The van der Waals surface area contributed by atoms with Crippen LogP contribution in [-0.4, -0.2) is 61.0 Å². The molecular weight excluding hydrogens is 348 g/mol. The zero-order valence-corrected chi connectivity index (χ0v) is 17.5. The number of ketones is 1. The minimum atomic E-state index is -0.466. The molecule has 0 aromatic carbocycles. The van der Waals surface area contributed by atoms with Gasteiger partial charge in [-0.1, -0.05) is 13.8 Å². The number of hydrogen-bond donors (Lipinski definition) is 0. The summed E-state index contributed by atoms with van der Waals surface area (Å²) in [6, 6.07) is 0. The zero-order valence-electron chi connectivity index (χ0n) is 17.5. The Kier molecular flexibility index (Phi) is 8.69. The van der Waals surface area contributed by atoms with Gasteiger partial charge in [0.1, 0.15) is 5.69 Å². The van der Waals surface area contributed by atoms with Crippen molar-refractivity contribution in [2.75, 3.05) is 33.9 Å². The molecule has 0 radical (unpaired) electrons. The van der Waals surface area contributed by atoms with Gasteiger partial charge in [0.2, 0.25) is 5.91 Å². The summed E-state index contributed by atoms with van der Waals surface area (Å²) in [5.41, 5.74) is 2.20. The quantitative estimate of drug-likeness (QED) is 0.354. The third-order valence-electron chi connectivity index (χ3n) is 4.66. The number of esters is 1. The Morgan fingerprint density at radius 2 is 1.78 bits per heavy atom. The van der Waals surface area contributed by atoms with E-state index in [9.17, 15) is 14.4 Å². The van der Waals surface area contributed by atoms with Gasteiger partial charge in [-0.25, -0.2) is 4.79 Å². The summed E-state index contributed by atoms with van der Waals surface area (Å²) in [6.45, 7) is 10.6. The summed E-state index contributed by atoms with van der Waals surface area (Å²) in [4.78, 5) is 39.3. The monoisotopic (exact) mass is 380 g/mol. The van der Waals surface area contributed by atoms with Crippen LogP contribution in [0.1, 0.15) is 59.3 Å². The lowest BCUT2D eigenvalue weighted by molar-refractivity contribution is -0.134. The van der Waals surface area contributed by atoms with Gasteiger partial charge >= 0.3 is 5.97 Å². The van der Waals surface area contributed by atoms with Crippen molar-refractivity contribution < 1.29 is 23.9 Å². The van der Waals surface area contributed by atoms with Crippen molar-refractivity contribution in [3.05, 3.63) is 22.5 Å². The van der Waals surface area contributed by atoms with Crippen molar-refractivity contribution in [1.82, 2.24) is 9.47 Å². The molecule has 1 amide bonds. The summed E-state index contributed by atoms with van der Waals surface area (Å²) < 4.78 is 11.7. The van der Waals surface area contributed by atoms with Gasteiger partial charge in [-0.05, 0) is 32.8 Å². The summed E-state index contributed by atoms with van der Waals surface area (Å²) >= 11 is 0. The highest BCUT2D eigenvalue weighted by Gasteiger charge is 2.28. The van der Waals surface area contributed by atoms with Crippen molar-refractivity contribution in [2.24, 2.45) is 5.92 Å². The molecule has 152 valence electrons. The van der Waals surface area contributed by atoms with Crippen LogP contribution in [0.4, 0.5) is 0 Å². The van der Waals surface area contributed by atoms with Crippen molar-refractivity contribution in [3.8, 4) is 0 Å². The summed E-state index contributed by atoms with van der Waals surface area (Å²) in [6.07, 6.45) is 0.656. The molecule has 1 rings (SSSR count). The average molecular weight is 380 g/mol. The number of amides is 1. The zero-order chi connectivity index (χ0) is 20.7. The second-order valence-electron chi connectivity index (χ2n) is 6.85. The van der Waals surface area contributed by atoms with Crippen LogP contribution < -0.4 is 0 Å². The van der Waals surface area contributed by atoms with E-state index >= 15 is 0 Å². The fourth-order valence-corrected chi connectivity index (χ4v) is 3.35. The number of rotatable bonds is 10. The second kappa shape index (κ2) is 10.3. The van der Waals surface area contributed by atoms with E-state index in [-0.39, 0.29) is 24.2 Å². The van der Waals surface area contributed by atoms with Crippen LogP contribution in [0.3, 0.4) is 0 Å². The number of nitrogens with zero attached hydrogens (tertiary/aromatic N) is 2. The van der Waals surface area contributed by atoms with E-state index in [4.69, 9.17) is 9.47 Å². The molecule has 0 saturated heterocycles. The van der Waals surface area contributed by atoms with Gasteiger partial charge in [0.15, 0.2) is 5.78 Å². The van der Waals surface area contributed by atoms with E-state index in [0.717, 1.165) is 0 Å². The maximum Gasteiger partial charge on any atom is 0.354 e. The average Bonchev–Trinajstić information content (AvgIpc) is 2.89. The lowest BCUT2D eigenvalue weighted by Gasteiger charge is -2.24. The summed E-state index contributed by atoms with van der Waals surface area (Å²) in [5, 5.41) is 0. The lowest BCUT2D eigenvalue weighted by Crippen LogP contribution is -2.39. The lowest BCUT2D eigenvalue weighted by atomic mass is 10.0. The number of carbonyl (C=O) groups is 3. The molecule has 0 N–H and O–H groups in total. The van der Waals surface area contributed by atoms with Crippen LogP contribution in [0.15, 0.2) is 0 Å². The Balaban J connectivity index is 3.20. The van der Waals surface area contributed by atoms with Gasteiger partial charge in [0.05, 0.1) is 13.7 Å². The Morgan fingerprint density at radius 3 is 2.26 bits per heavy atom. The molecule has 0 aliphatic rings. The topological polar surface area (TPSA) is 77.8 Å². The van der Waals surface area contributed by atoms with Crippen molar-refractivity contribution in [1.29, 1.82) is 0 Å². The van der Waals surface area contributed by atoms with Gasteiger partial charge in [-0.15, -0.1) is 0 Å². The highest BCUT2D eigenvalue weighted by atomic mass is 16.5. The van der Waals surface area contributed by atoms with Crippen LogP contribution in [-0.2, 0) is 20.8 Å². The maximum atomic E-state index is 13.1. The second-order valence-corrected chi connectivity index (χ2v) is 6.85. The summed E-state index contributed by atoms with van der Waals surface area (Å²) in [5.74, 6) is -0.910. The van der Waals surface area contributed by atoms with Crippen molar-refractivity contribution in [3.63, 3.8) is 0 Å². The fraction of sp³-hybridized carbons (Fsp3) is 0.650. The Bertz CT molecular complexity index is 691. The van der Waals surface area contributed by atoms with Crippen molar-refractivity contribution >= 4 is 17.7 Å². The molecule has 7 nitrogen and oxygen atoms in total. The first-order chi connectivity index (χ1) is 12.7.